The molecule has 166 valence electrons. The molecule has 2 aromatic carbocycles. The zero-order chi connectivity index (χ0) is 22.6. The van der Waals surface area contributed by atoms with Crippen LogP contribution in [0.3, 0.4) is 0 Å². The largest absolute Gasteiger partial charge is 0.418 e. The normalized spacial score (nSPS) is 12.8. The fraction of sp³-hybridized carbons (Fsp3) is 0.364. The van der Waals surface area contributed by atoms with Gasteiger partial charge < -0.3 is 9.88 Å². The van der Waals surface area contributed by atoms with Gasteiger partial charge in [0.15, 0.2) is 0 Å². The number of alkyl halides is 3. The number of para-hydroxylation sites is 2. The Balaban J connectivity index is 1.87. The van der Waals surface area contributed by atoms with E-state index in [1.807, 2.05) is 44.4 Å². The van der Waals surface area contributed by atoms with Crippen LogP contribution in [0.25, 0.3) is 11.0 Å². The summed E-state index contributed by atoms with van der Waals surface area (Å²) in [6.07, 6.45) is -1.79. The van der Waals surface area contributed by atoms with Gasteiger partial charge in [0.25, 0.3) is 0 Å². The fourth-order valence-corrected chi connectivity index (χ4v) is 4.57. The van der Waals surface area contributed by atoms with Crippen molar-refractivity contribution in [1.82, 2.24) is 9.55 Å². The lowest BCUT2D eigenvalue weighted by Gasteiger charge is -2.17. The van der Waals surface area contributed by atoms with E-state index in [4.69, 9.17) is 0 Å². The second-order valence-corrected chi connectivity index (χ2v) is 9.50. The summed E-state index contributed by atoms with van der Waals surface area (Å²) in [5.74, 6) is 0.774. The Labute approximate surface area is 188 Å². The Hall–Kier alpha value is -2.13. The van der Waals surface area contributed by atoms with Crippen molar-refractivity contribution in [2.75, 3.05) is 11.6 Å². The van der Waals surface area contributed by atoms with Crippen molar-refractivity contribution in [3.05, 3.63) is 53.9 Å². The zero-order valence-corrected chi connectivity index (χ0v) is 19.1. The van der Waals surface area contributed by atoms with Gasteiger partial charge in [-0.3, -0.25) is 4.79 Å². The number of rotatable bonds is 8. The molecule has 1 atom stereocenters. The minimum atomic E-state index is -4.57. The Morgan fingerprint density at radius 3 is 2.65 bits per heavy atom. The number of fused-ring (bicyclic) bond motifs is 1. The number of thioether (sulfide) groups is 2. The van der Waals surface area contributed by atoms with Crippen LogP contribution < -0.4 is 5.32 Å². The highest BCUT2D eigenvalue weighted by Crippen LogP contribution is 2.38. The first-order chi connectivity index (χ1) is 14.7. The Morgan fingerprint density at radius 2 is 1.97 bits per heavy atom. The standard InChI is InChI=1S/C22H24F3N3OS2/c1-4-14(2)31-15-9-10-17(16(11-15)22(23,24)25)27-21(29)12-28-19-8-6-5-7-18(19)26-20(28)13-30-3/h5-11,14H,4,12-13H2,1-3H3,(H,27,29). The van der Waals surface area contributed by atoms with E-state index in [0.717, 1.165) is 23.5 Å². The number of carbonyl (C=O) groups is 1. The topological polar surface area (TPSA) is 46.9 Å². The number of anilines is 1. The lowest BCUT2D eigenvalue weighted by molar-refractivity contribution is -0.137. The third-order valence-corrected chi connectivity index (χ3v) is 6.60. The van der Waals surface area contributed by atoms with Crippen molar-refractivity contribution in [3.8, 4) is 0 Å². The first-order valence-electron chi connectivity index (χ1n) is 9.83. The molecule has 1 heterocycles. The van der Waals surface area contributed by atoms with Crippen molar-refractivity contribution in [2.45, 2.75) is 48.9 Å². The number of hydrogen-bond acceptors (Lipinski definition) is 4. The molecule has 0 spiro atoms. The molecule has 1 unspecified atom stereocenters. The number of hydrogen-bond donors (Lipinski definition) is 1. The van der Waals surface area contributed by atoms with Crippen molar-refractivity contribution in [3.63, 3.8) is 0 Å². The Bertz CT molecular complexity index is 1070. The molecule has 0 aliphatic carbocycles. The Kier molecular flexibility index (Phi) is 7.59. The van der Waals surface area contributed by atoms with Crippen LogP contribution in [0.15, 0.2) is 47.4 Å². The van der Waals surface area contributed by atoms with Crippen LogP contribution in [0.1, 0.15) is 31.7 Å². The molecule has 0 radical (unpaired) electrons. The van der Waals surface area contributed by atoms with E-state index in [2.05, 4.69) is 10.3 Å². The van der Waals surface area contributed by atoms with Gasteiger partial charge in [-0.1, -0.05) is 26.0 Å². The maximum Gasteiger partial charge on any atom is 0.418 e. The summed E-state index contributed by atoms with van der Waals surface area (Å²) in [6, 6.07) is 11.5. The van der Waals surface area contributed by atoms with E-state index in [0.29, 0.717) is 16.5 Å². The molecule has 3 rings (SSSR count). The van der Waals surface area contributed by atoms with E-state index in [-0.39, 0.29) is 17.5 Å². The minimum Gasteiger partial charge on any atom is -0.324 e. The highest BCUT2D eigenvalue weighted by Gasteiger charge is 2.34. The van der Waals surface area contributed by atoms with E-state index in [1.54, 1.807) is 22.4 Å². The number of benzene rings is 2. The monoisotopic (exact) mass is 467 g/mol. The maximum absolute atomic E-state index is 13.7. The molecular formula is C22H24F3N3OS2. The molecular weight excluding hydrogens is 443 g/mol. The van der Waals surface area contributed by atoms with Crippen LogP contribution in [0.4, 0.5) is 18.9 Å². The van der Waals surface area contributed by atoms with Crippen molar-refractivity contribution < 1.29 is 18.0 Å². The molecule has 1 aromatic heterocycles. The molecule has 31 heavy (non-hydrogen) atoms. The first-order valence-corrected chi connectivity index (χ1v) is 12.1. The molecule has 1 amide bonds. The molecule has 0 bridgehead atoms. The summed E-state index contributed by atoms with van der Waals surface area (Å²) < 4.78 is 42.8. The van der Waals surface area contributed by atoms with Gasteiger partial charge in [-0.15, -0.1) is 11.8 Å². The number of amides is 1. The fourth-order valence-electron chi connectivity index (χ4n) is 3.13. The van der Waals surface area contributed by atoms with Crippen LogP contribution in [0.5, 0.6) is 0 Å². The quantitative estimate of drug-likeness (QED) is 0.387. The van der Waals surface area contributed by atoms with Gasteiger partial charge in [0.05, 0.1) is 28.0 Å². The van der Waals surface area contributed by atoms with Gasteiger partial charge in [-0.2, -0.15) is 24.9 Å². The summed E-state index contributed by atoms with van der Waals surface area (Å²) in [6.45, 7) is 3.84. The van der Waals surface area contributed by atoms with E-state index < -0.39 is 17.6 Å². The molecule has 0 saturated carbocycles. The van der Waals surface area contributed by atoms with Crippen LogP contribution in [0.2, 0.25) is 0 Å². The van der Waals surface area contributed by atoms with Gasteiger partial charge >= 0.3 is 6.18 Å². The molecule has 1 N–H and O–H groups in total. The Morgan fingerprint density at radius 1 is 1.23 bits per heavy atom. The molecule has 0 aliphatic heterocycles. The second kappa shape index (κ2) is 9.99. The highest BCUT2D eigenvalue weighted by molar-refractivity contribution is 8.00. The van der Waals surface area contributed by atoms with Gasteiger partial charge in [0.2, 0.25) is 5.91 Å². The summed E-state index contributed by atoms with van der Waals surface area (Å²) in [5.41, 5.74) is 0.454. The van der Waals surface area contributed by atoms with E-state index in [1.165, 1.54) is 17.8 Å². The number of imidazole rings is 1. The first kappa shape index (κ1) is 23.5. The van der Waals surface area contributed by atoms with Crippen LogP contribution >= 0.6 is 23.5 Å². The van der Waals surface area contributed by atoms with E-state index >= 15 is 0 Å². The van der Waals surface area contributed by atoms with Crippen LogP contribution in [-0.4, -0.2) is 27.0 Å². The third kappa shape index (κ3) is 5.77. The summed E-state index contributed by atoms with van der Waals surface area (Å²) >= 11 is 2.95. The average Bonchev–Trinajstić information content (AvgIpc) is 3.05. The third-order valence-electron chi connectivity index (χ3n) is 4.79. The molecule has 0 saturated heterocycles. The van der Waals surface area contributed by atoms with Crippen molar-refractivity contribution in [2.24, 2.45) is 0 Å². The molecule has 9 heteroatoms. The summed E-state index contributed by atoms with van der Waals surface area (Å²) in [5, 5.41) is 2.66. The average molecular weight is 468 g/mol. The summed E-state index contributed by atoms with van der Waals surface area (Å²) in [7, 11) is 0. The molecule has 0 aliphatic rings. The van der Waals surface area contributed by atoms with Crippen LogP contribution in [-0.2, 0) is 23.3 Å². The molecule has 3 aromatic rings. The highest BCUT2D eigenvalue weighted by atomic mass is 32.2. The molecule has 0 fully saturated rings. The van der Waals surface area contributed by atoms with Gasteiger partial charge in [-0.05, 0) is 43.0 Å². The minimum absolute atomic E-state index is 0.114. The van der Waals surface area contributed by atoms with E-state index in [9.17, 15) is 18.0 Å². The number of halogens is 3. The zero-order valence-electron chi connectivity index (χ0n) is 17.5. The van der Waals surface area contributed by atoms with Gasteiger partial charge in [0, 0.05) is 10.1 Å². The summed E-state index contributed by atoms with van der Waals surface area (Å²) in [4.78, 5) is 17.8. The number of nitrogens with one attached hydrogen (secondary N) is 1. The lowest BCUT2D eigenvalue weighted by Crippen LogP contribution is -2.22. The van der Waals surface area contributed by atoms with Crippen molar-refractivity contribution >= 4 is 46.2 Å². The number of carbonyl (C=O) groups excluding carboxylic acids is 1. The second-order valence-electron chi connectivity index (χ2n) is 7.13. The lowest BCUT2D eigenvalue weighted by atomic mass is 10.1. The number of aromatic nitrogens is 2. The SMILES string of the molecule is CCC(C)Sc1ccc(NC(=O)Cn2c(CSC)nc3ccccc32)c(C(F)(F)F)c1. The predicted molar refractivity (Wildman–Crippen MR) is 123 cm³/mol. The maximum atomic E-state index is 13.7. The number of nitrogens with zero attached hydrogens (tertiary/aromatic N) is 2. The van der Waals surface area contributed by atoms with Gasteiger partial charge in [0.1, 0.15) is 12.4 Å². The molecule has 4 nitrogen and oxygen atoms in total. The van der Waals surface area contributed by atoms with Crippen molar-refractivity contribution in [1.29, 1.82) is 0 Å². The predicted octanol–water partition coefficient (Wildman–Crippen LogP) is 6.45. The smallest absolute Gasteiger partial charge is 0.324 e. The van der Waals surface area contributed by atoms with Gasteiger partial charge in [-0.25, -0.2) is 4.98 Å². The van der Waals surface area contributed by atoms with Crippen LogP contribution in [0, 0.1) is 0 Å².